The maximum absolute atomic E-state index is 13.9. The third kappa shape index (κ3) is 2.09. The highest BCUT2D eigenvalue weighted by atomic mass is 32.2. The minimum Gasteiger partial charge on any atom is -0.399 e. The van der Waals surface area contributed by atoms with Gasteiger partial charge in [-0.05, 0) is 31.5 Å². The van der Waals surface area contributed by atoms with E-state index in [9.17, 15) is 17.9 Å². The molecule has 0 aromatic heterocycles. The van der Waals surface area contributed by atoms with Crippen LogP contribution in [0.1, 0.15) is 12.5 Å². The number of aryl methyl sites for hydroxylation is 1. The number of β-amino-alcohol motifs (C(OH)–C–C–N with tert-alkyl or cyclic N) is 1. The molecule has 7 heteroatoms. The molecule has 5 nitrogen and oxygen atoms in total. The van der Waals surface area contributed by atoms with Gasteiger partial charge in [0, 0.05) is 18.8 Å². The van der Waals surface area contributed by atoms with E-state index in [2.05, 4.69) is 0 Å². The van der Waals surface area contributed by atoms with Crippen LogP contribution < -0.4 is 5.73 Å². The van der Waals surface area contributed by atoms with E-state index in [0.29, 0.717) is 0 Å². The van der Waals surface area contributed by atoms with Crippen molar-refractivity contribution >= 4 is 15.7 Å². The van der Waals surface area contributed by atoms with Crippen molar-refractivity contribution in [1.29, 1.82) is 0 Å². The molecule has 1 heterocycles. The van der Waals surface area contributed by atoms with Crippen molar-refractivity contribution in [2.24, 2.45) is 0 Å². The van der Waals surface area contributed by atoms with E-state index in [0.717, 1.165) is 10.4 Å². The zero-order valence-corrected chi connectivity index (χ0v) is 11.0. The van der Waals surface area contributed by atoms with Crippen molar-refractivity contribution in [3.63, 3.8) is 0 Å². The number of nitrogens with zero attached hydrogens (tertiary/aromatic N) is 1. The van der Waals surface area contributed by atoms with Gasteiger partial charge in [-0.1, -0.05) is 0 Å². The van der Waals surface area contributed by atoms with Crippen LogP contribution in [0, 0.1) is 12.7 Å². The highest BCUT2D eigenvalue weighted by molar-refractivity contribution is 7.89. The van der Waals surface area contributed by atoms with E-state index < -0.39 is 26.3 Å². The maximum atomic E-state index is 13.9. The highest BCUT2D eigenvalue weighted by Crippen LogP contribution is 2.30. The molecule has 0 unspecified atom stereocenters. The molecule has 1 fully saturated rings. The van der Waals surface area contributed by atoms with Gasteiger partial charge in [-0.3, -0.25) is 0 Å². The fourth-order valence-corrected chi connectivity index (χ4v) is 3.82. The second kappa shape index (κ2) is 3.91. The number of halogens is 1. The van der Waals surface area contributed by atoms with E-state index >= 15 is 0 Å². The Labute approximate surface area is 105 Å². The van der Waals surface area contributed by atoms with E-state index in [1.54, 1.807) is 0 Å². The molecule has 0 amide bonds. The van der Waals surface area contributed by atoms with Crippen molar-refractivity contribution in [3.05, 3.63) is 23.5 Å². The lowest BCUT2D eigenvalue weighted by Gasteiger charge is -2.42. The molecule has 0 spiro atoms. The van der Waals surface area contributed by atoms with Gasteiger partial charge in [0.15, 0.2) is 0 Å². The maximum Gasteiger partial charge on any atom is 0.246 e. The summed E-state index contributed by atoms with van der Waals surface area (Å²) in [5.41, 5.74) is 4.87. The normalized spacial score (nSPS) is 19.6. The first kappa shape index (κ1) is 13.3. The highest BCUT2D eigenvalue weighted by Gasteiger charge is 2.44. The summed E-state index contributed by atoms with van der Waals surface area (Å²) in [6.45, 7) is 2.90. The zero-order valence-electron chi connectivity index (χ0n) is 10.1. The summed E-state index contributed by atoms with van der Waals surface area (Å²) in [6, 6.07) is 2.48. The number of anilines is 1. The largest absolute Gasteiger partial charge is 0.399 e. The summed E-state index contributed by atoms with van der Waals surface area (Å²) in [6.07, 6.45) is 0. The van der Waals surface area contributed by atoms with Gasteiger partial charge in [0.1, 0.15) is 10.7 Å². The van der Waals surface area contributed by atoms with Gasteiger partial charge in [0.2, 0.25) is 10.0 Å². The number of hydrogen-bond acceptors (Lipinski definition) is 4. The van der Waals surface area contributed by atoms with Gasteiger partial charge in [-0.2, -0.15) is 4.31 Å². The van der Waals surface area contributed by atoms with E-state index in [4.69, 9.17) is 5.73 Å². The number of benzene rings is 1. The van der Waals surface area contributed by atoms with Crippen molar-refractivity contribution in [1.82, 2.24) is 4.31 Å². The predicted molar refractivity (Wildman–Crippen MR) is 64.9 cm³/mol. The topological polar surface area (TPSA) is 83.6 Å². The first-order valence-electron chi connectivity index (χ1n) is 5.42. The van der Waals surface area contributed by atoms with Crippen molar-refractivity contribution in [3.8, 4) is 0 Å². The van der Waals surface area contributed by atoms with Crippen LogP contribution in [0.4, 0.5) is 10.1 Å². The lowest BCUT2D eigenvalue weighted by molar-refractivity contribution is -0.0427. The monoisotopic (exact) mass is 274 g/mol. The third-order valence-corrected chi connectivity index (χ3v) is 4.69. The van der Waals surface area contributed by atoms with Crippen LogP contribution in [0.3, 0.4) is 0 Å². The van der Waals surface area contributed by atoms with E-state index in [1.807, 2.05) is 0 Å². The average molecular weight is 274 g/mol. The molecule has 1 aromatic carbocycles. The second-order valence-corrected chi connectivity index (χ2v) is 6.83. The van der Waals surface area contributed by atoms with Crippen LogP contribution in [0.15, 0.2) is 17.0 Å². The quantitative estimate of drug-likeness (QED) is 0.768. The Hall–Kier alpha value is -1.18. The van der Waals surface area contributed by atoms with Crippen molar-refractivity contribution < 1.29 is 17.9 Å². The first-order chi connectivity index (χ1) is 8.13. The number of rotatable bonds is 2. The molecule has 0 atom stereocenters. The van der Waals surface area contributed by atoms with E-state index in [1.165, 1.54) is 19.9 Å². The first-order valence-corrected chi connectivity index (χ1v) is 6.86. The van der Waals surface area contributed by atoms with Gasteiger partial charge in [0.05, 0.1) is 5.60 Å². The summed E-state index contributed by atoms with van der Waals surface area (Å²) in [4.78, 5) is -0.435. The van der Waals surface area contributed by atoms with Gasteiger partial charge in [-0.25, -0.2) is 12.8 Å². The summed E-state index contributed by atoms with van der Waals surface area (Å²) in [5.74, 6) is -0.796. The van der Waals surface area contributed by atoms with Crippen LogP contribution >= 0.6 is 0 Å². The number of sulfonamides is 1. The van der Waals surface area contributed by atoms with E-state index in [-0.39, 0.29) is 24.3 Å². The summed E-state index contributed by atoms with van der Waals surface area (Å²) in [5, 5.41) is 9.55. The van der Waals surface area contributed by atoms with Crippen molar-refractivity contribution in [2.75, 3.05) is 18.8 Å². The Bertz CT molecular complexity index is 591. The van der Waals surface area contributed by atoms with Crippen molar-refractivity contribution in [2.45, 2.75) is 24.3 Å². The molecule has 0 radical (unpaired) electrons. The minimum absolute atomic E-state index is 0.0391. The molecule has 0 bridgehead atoms. The molecular formula is C11H15FN2O3S. The molecule has 3 N–H and O–H groups in total. The lowest BCUT2D eigenvalue weighted by atomic mass is 10.0. The standard InChI is InChI=1S/C11H15FN2O3S/c1-7-3-8(13)4-9(10(7)12)18(16,17)14-5-11(2,15)6-14/h3-4,15H,5-6,13H2,1-2H3. The molecule has 100 valence electrons. The smallest absolute Gasteiger partial charge is 0.246 e. The Balaban J connectivity index is 2.43. The molecule has 18 heavy (non-hydrogen) atoms. The molecular weight excluding hydrogens is 259 g/mol. The van der Waals surface area contributed by atoms with Gasteiger partial charge in [0.25, 0.3) is 0 Å². The van der Waals surface area contributed by atoms with Crippen LogP contribution in [-0.2, 0) is 10.0 Å². The number of aliphatic hydroxyl groups is 1. The number of hydrogen-bond donors (Lipinski definition) is 2. The SMILES string of the molecule is Cc1cc(N)cc(S(=O)(=O)N2CC(C)(O)C2)c1F. The minimum atomic E-state index is -3.93. The van der Waals surface area contributed by atoms with Gasteiger partial charge in [-0.15, -0.1) is 0 Å². The molecule has 1 aliphatic heterocycles. The molecule has 1 aromatic rings. The summed E-state index contributed by atoms with van der Waals surface area (Å²) < 4.78 is 39.2. The Kier molecular flexibility index (Phi) is 2.88. The predicted octanol–water partition coefficient (Wildman–Crippen LogP) is 0.472. The molecule has 0 aliphatic carbocycles. The number of nitrogen functional groups attached to an aromatic ring is 1. The fourth-order valence-electron chi connectivity index (χ4n) is 1.97. The summed E-state index contributed by atoms with van der Waals surface area (Å²) in [7, 11) is -3.93. The fraction of sp³-hybridized carbons (Fsp3) is 0.455. The molecule has 1 saturated heterocycles. The molecule has 1 aliphatic rings. The number of nitrogens with two attached hydrogens (primary N) is 1. The lowest BCUT2D eigenvalue weighted by Crippen LogP contribution is -2.61. The van der Waals surface area contributed by atoms with Crippen LogP contribution in [-0.4, -0.2) is 36.5 Å². The Morgan fingerprint density at radius 1 is 1.44 bits per heavy atom. The molecule has 2 rings (SSSR count). The zero-order chi connectivity index (χ0) is 13.7. The summed E-state index contributed by atoms with van der Waals surface area (Å²) >= 11 is 0. The van der Waals surface area contributed by atoms with Gasteiger partial charge >= 0.3 is 0 Å². The molecule has 0 saturated carbocycles. The Morgan fingerprint density at radius 2 is 2.00 bits per heavy atom. The Morgan fingerprint density at radius 3 is 2.50 bits per heavy atom. The second-order valence-electron chi connectivity index (χ2n) is 4.92. The van der Waals surface area contributed by atoms with Crippen LogP contribution in [0.25, 0.3) is 0 Å². The van der Waals surface area contributed by atoms with Crippen LogP contribution in [0.5, 0.6) is 0 Å². The average Bonchev–Trinajstić information content (AvgIpc) is 2.19. The van der Waals surface area contributed by atoms with Gasteiger partial charge < -0.3 is 10.8 Å². The third-order valence-electron chi connectivity index (χ3n) is 2.90. The van der Waals surface area contributed by atoms with Crippen LogP contribution in [0.2, 0.25) is 0 Å².